The Kier molecular flexibility index (Phi) is 8.40. The number of aromatic nitrogens is 1. The molecule has 1 amide bonds. The van der Waals surface area contributed by atoms with Gasteiger partial charge < -0.3 is 19.3 Å². The van der Waals surface area contributed by atoms with E-state index in [0.29, 0.717) is 34.1 Å². The van der Waals surface area contributed by atoms with Crippen molar-refractivity contribution in [1.29, 1.82) is 0 Å². The average Bonchev–Trinajstić information content (AvgIpc) is 3.52. The van der Waals surface area contributed by atoms with E-state index >= 15 is 0 Å². The Morgan fingerprint density at radius 3 is 2.49 bits per heavy atom. The molecule has 1 aromatic heterocycles. The summed E-state index contributed by atoms with van der Waals surface area (Å²) in [4.78, 5) is 45.8. The first-order valence-corrected chi connectivity index (χ1v) is 14.1. The number of hydrogen-bond acceptors (Lipinski definition) is 9. The molecule has 5 rings (SSSR count). The van der Waals surface area contributed by atoms with E-state index in [1.807, 2.05) is 18.2 Å². The molecule has 1 N–H and O–H groups in total. The van der Waals surface area contributed by atoms with Gasteiger partial charge in [0, 0.05) is 5.56 Å². The van der Waals surface area contributed by atoms with E-state index in [1.54, 1.807) is 68.4 Å². The lowest BCUT2D eigenvalue weighted by Crippen LogP contribution is -2.29. The van der Waals surface area contributed by atoms with Gasteiger partial charge in [0.2, 0.25) is 0 Å². The van der Waals surface area contributed by atoms with Gasteiger partial charge in [-0.3, -0.25) is 14.5 Å². The number of thiazole rings is 1. The van der Waals surface area contributed by atoms with Crippen LogP contribution in [-0.2, 0) is 14.3 Å². The summed E-state index contributed by atoms with van der Waals surface area (Å²) in [6.45, 7) is 6.98. The van der Waals surface area contributed by atoms with Gasteiger partial charge in [-0.2, -0.15) is 0 Å². The lowest BCUT2D eigenvalue weighted by atomic mass is 9.94. The minimum atomic E-state index is -1.08. The molecular formula is C33H28N2O7S. The van der Waals surface area contributed by atoms with E-state index in [1.165, 1.54) is 18.1 Å². The molecule has 1 aliphatic heterocycles. The van der Waals surface area contributed by atoms with Gasteiger partial charge in [0.25, 0.3) is 5.78 Å². The molecule has 9 nitrogen and oxygen atoms in total. The molecule has 1 atom stereocenters. The van der Waals surface area contributed by atoms with Crippen LogP contribution in [0.15, 0.2) is 91.0 Å². The van der Waals surface area contributed by atoms with Crippen molar-refractivity contribution in [2.75, 3.05) is 18.6 Å². The van der Waals surface area contributed by atoms with Gasteiger partial charge in [-0.1, -0.05) is 54.3 Å². The fourth-order valence-electron chi connectivity index (χ4n) is 4.77. The van der Waals surface area contributed by atoms with Crippen LogP contribution >= 0.6 is 11.3 Å². The van der Waals surface area contributed by atoms with Crippen LogP contribution in [0.2, 0.25) is 0 Å². The van der Waals surface area contributed by atoms with Crippen molar-refractivity contribution in [3.63, 3.8) is 0 Å². The van der Waals surface area contributed by atoms with Crippen molar-refractivity contribution in [1.82, 2.24) is 4.98 Å². The Labute approximate surface area is 252 Å². The summed E-state index contributed by atoms with van der Waals surface area (Å²) in [6, 6.07) is 19.9. The minimum Gasteiger partial charge on any atom is -0.507 e. The Balaban J connectivity index is 1.66. The quantitative estimate of drug-likeness (QED) is 0.0763. The second-order valence-electron chi connectivity index (χ2n) is 9.64. The van der Waals surface area contributed by atoms with Gasteiger partial charge in [0.05, 0.1) is 24.4 Å². The molecule has 1 fully saturated rings. The Morgan fingerprint density at radius 1 is 1.05 bits per heavy atom. The first-order chi connectivity index (χ1) is 20.7. The number of anilines is 1. The molecule has 4 aromatic rings. The van der Waals surface area contributed by atoms with Crippen molar-refractivity contribution in [3.8, 4) is 17.2 Å². The van der Waals surface area contributed by atoms with Crippen molar-refractivity contribution in [2.45, 2.75) is 19.9 Å². The number of methoxy groups -OCH3 is 1. The molecule has 0 spiro atoms. The highest BCUT2D eigenvalue weighted by molar-refractivity contribution is 7.17. The summed E-state index contributed by atoms with van der Waals surface area (Å²) in [5.74, 6) is -1.11. The molecule has 0 aliphatic carbocycles. The van der Waals surface area contributed by atoms with Crippen LogP contribution in [0.3, 0.4) is 0 Å². The number of nitrogens with zero attached hydrogens (tertiary/aromatic N) is 2. The number of para-hydroxylation sites is 1. The van der Waals surface area contributed by atoms with Gasteiger partial charge in [-0.05, 0) is 67.4 Å². The Morgan fingerprint density at radius 2 is 1.79 bits per heavy atom. The standard InChI is InChI=1S/C33H28N2O7S/c1-5-16-41-32(39)30-20(3)34-33(43-30)35-27(21-10-9-13-24(18-21)42-23-11-7-6-8-12-23)26(29(37)31(35)38)28(36)22-14-15-25(40-4)19(2)17-22/h5-15,17-18,27,36H,1,16H2,2-4H3/b28-26+. The number of rotatable bonds is 9. The molecule has 0 radical (unpaired) electrons. The first-order valence-electron chi connectivity index (χ1n) is 13.3. The minimum absolute atomic E-state index is 0.00546. The summed E-state index contributed by atoms with van der Waals surface area (Å²) < 4.78 is 16.5. The number of amides is 1. The molecule has 0 saturated carbocycles. The largest absolute Gasteiger partial charge is 0.507 e. The number of benzene rings is 3. The molecule has 43 heavy (non-hydrogen) atoms. The third-order valence-electron chi connectivity index (χ3n) is 6.77. The lowest BCUT2D eigenvalue weighted by molar-refractivity contribution is -0.132. The van der Waals surface area contributed by atoms with Gasteiger partial charge >= 0.3 is 11.9 Å². The summed E-state index contributed by atoms with van der Waals surface area (Å²) in [7, 11) is 1.54. The molecule has 1 unspecified atom stereocenters. The van der Waals surface area contributed by atoms with Crippen LogP contribution < -0.4 is 14.4 Å². The Bertz CT molecular complexity index is 1760. The molecule has 2 heterocycles. The fraction of sp³-hybridized carbons (Fsp3) is 0.152. The van der Waals surface area contributed by atoms with Crippen LogP contribution in [0.5, 0.6) is 17.2 Å². The highest BCUT2D eigenvalue weighted by atomic mass is 32.1. The number of hydrogen-bond donors (Lipinski definition) is 1. The van der Waals surface area contributed by atoms with E-state index in [2.05, 4.69) is 11.6 Å². The number of aliphatic hydroxyl groups is 1. The number of ether oxygens (including phenoxy) is 3. The maximum absolute atomic E-state index is 13.7. The third kappa shape index (κ3) is 5.77. The highest BCUT2D eigenvalue weighted by Crippen LogP contribution is 2.45. The number of carbonyl (C=O) groups excluding carboxylic acids is 3. The normalized spacial score (nSPS) is 15.8. The van der Waals surface area contributed by atoms with Gasteiger partial charge in [-0.15, -0.1) is 0 Å². The van der Waals surface area contributed by atoms with Crippen LogP contribution in [-0.4, -0.2) is 41.5 Å². The van der Waals surface area contributed by atoms with Crippen molar-refractivity contribution >= 4 is 39.9 Å². The number of carbonyl (C=O) groups is 3. The van der Waals surface area contributed by atoms with E-state index in [0.717, 1.165) is 16.9 Å². The molecule has 1 saturated heterocycles. The average molecular weight is 597 g/mol. The van der Waals surface area contributed by atoms with Crippen molar-refractivity contribution in [3.05, 3.63) is 118 Å². The van der Waals surface area contributed by atoms with Crippen molar-refractivity contribution in [2.24, 2.45) is 0 Å². The van der Waals surface area contributed by atoms with E-state index in [4.69, 9.17) is 14.2 Å². The van der Waals surface area contributed by atoms with Crippen molar-refractivity contribution < 1.29 is 33.7 Å². The molecule has 1 aliphatic rings. The summed E-state index contributed by atoms with van der Waals surface area (Å²) >= 11 is 0.924. The van der Waals surface area contributed by atoms with Crippen LogP contribution in [0, 0.1) is 13.8 Å². The molecular weight excluding hydrogens is 568 g/mol. The van der Waals surface area contributed by atoms with Gasteiger partial charge in [0.15, 0.2) is 5.13 Å². The SMILES string of the molecule is C=CCOC(=O)c1sc(N2C(=O)C(=O)/C(=C(/O)c3ccc(OC)c(C)c3)C2c2cccc(Oc3ccccc3)c2)nc1C. The zero-order valence-corrected chi connectivity index (χ0v) is 24.5. The highest BCUT2D eigenvalue weighted by Gasteiger charge is 2.48. The van der Waals surface area contributed by atoms with E-state index < -0.39 is 23.7 Å². The predicted octanol–water partition coefficient (Wildman–Crippen LogP) is 6.53. The van der Waals surface area contributed by atoms with Crippen LogP contribution in [0.25, 0.3) is 5.76 Å². The van der Waals surface area contributed by atoms with Gasteiger partial charge in [0.1, 0.15) is 34.5 Å². The number of esters is 1. The summed E-state index contributed by atoms with van der Waals surface area (Å²) in [5, 5.41) is 11.7. The molecule has 218 valence electrons. The van der Waals surface area contributed by atoms with E-state index in [9.17, 15) is 19.5 Å². The monoisotopic (exact) mass is 596 g/mol. The third-order valence-corrected chi connectivity index (χ3v) is 7.91. The lowest BCUT2D eigenvalue weighted by Gasteiger charge is -2.23. The summed E-state index contributed by atoms with van der Waals surface area (Å²) in [6.07, 6.45) is 1.44. The first kappa shape index (κ1) is 29.3. The molecule has 10 heteroatoms. The molecule has 0 bridgehead atoms. The van der Waals surface area contributed by atoms with Crippen LogP contribution in [0.1, 0.15) is 38.1 Å². The maximum atomic E-state index is 13.7. The van der Waals surface area contributed by atoms with Crippen LogP contribution in [0.4, 0.5) is 5.13 Å². The number of ketones is 1. The second-order valence-corrected chi connectivity index (χ2v) is 10.6. The fourth-order valence-corrected chi connectivity index (χ4v) is 5.76. The Hall–Kier alpha value is -5.22. The van der Waals surface area contributed by atoms with E-state index in [-0.39, 0.29) is 27.9 Å². The summed E-state index contributed by atoms with van der Waals surface area (Å²) in [5.41, 5.74) is 1.76. The number of Topliss-reactive ketones (excluding diaryl/α,β-unsaturated/α-hetero) is 1. The maximum Gasteiger partial charge on any atom is 0.350 e. The number of aliphatic hydroxyl groups excluding tert-OH is 1. The zero-order chi connectivity index (χ0) is 30.7. The predicted molar refractivity (Wildman–Crippen MR) is 163 cm³/mol. The second kappa shape index (κ2) is 12.3. The topological polar surface area (TPSA) is 115 Å². The molecule has 3 aromatic carbocycles. The smallest absolute Gasteiger partial charge is 0.350 e. The number of aryl methyl sites for hydroxylation is 2. The zero-order valence-electron chi connectivity index (χ0n) is 23.7. The van der Waals surface area contributed by atoms with Gasteiger partial charge in [-0.25, -0.2) is 9.78 Å².